The molecule has 1 aromatic carbocycles. The van der Waals surface area contributed by atoms with Gasteiger partial charge in [-0.2, -0.15) is 5.10 Å². The predicted octanol–water partition coefficient (Wildman–Crippen LogP) is 3.16. The lowest BCUT2D eigenvalue weighted by molar-refractivity contribution is 0.342. The summed E-state index contributed by atoms with van der Waals surface area (Å²) in [5, 5.41) is 8.16. The first-order valence-corrected chi connectivity index (χ1v) is 8.86. The van der Waals surface area contributed by atoms with E-state index in [1.165, 1.54) is 0 Å². The molecule has 6 nitrogen and oxygen atoms in total. The van der Waals surface area contributed by atoms with Crippen LogP contribution in [0.2, 0.25) is 0 Å². The summed E-state index contributed by atoms with van der Waals surface area (Å²) in [5.41, 5.74) is 1.05. The van der Waals surface area contributed by atoms with E-state index in [-0.39, 0.29) is 0 Å². The van der Waals surface area contributed by atoms with Crippen LogP contribution >= 0.6 is 0 Å². The van der Waals surface area contributed by atoms with Gasteiger partial charge in [0.1, 0.15) is 5.82 Å². The van der Waals surface area contributed by atoms with Crippen molar-refractivity contribution in [2.75, 3.05) is 0 Å². The van der Waals surface area contributed by atoms with Crippen molar-refractivity contribution < 1.29 is 4.42 Å². The van der Waals surface area contributed by atoms with Gasteiger partial charge in [0.25, 0.3) is 0 Å². The molecule has 0 saturated carbocycles. The van der Waals surface area contributed by atoms with Crippen molar-refractivity contribution in [3.8, 4) is 11.3 Å². The van der Waals surface area contributed by atoms with E-state index in [0.717, 1.165) is 42.4 Å². The molecule has 3 aromatic rings. The van der Waals surface area contributed by atoms with Gasteiger partial charge in [-0.05, 0) is 6.42 Å². The van der Waals surface area contributed by atoms with Gasteiger partial charge >= 0.3 is 0 Å². The maximum absolute atomic E-state index is 5.86. The number of aryl methyl sites for hydroxylation is 1. The molecule has 6 heteroatoms. The van der Waals surface area contributed by atoms with Crippen LogP contribution in [-0.4, -0.2) is 25.8 Å². The van der Waals surface area contributed by atoms with E-state index in [4.69, 9.17) is 4.42 Å². The van der Waals surface area contributed by atoms with E-state index in [1.807, 2.05) is 35.0 Å². The van der Waals surface area contributed by atoms with Gasteiger partial charge in [-0.1, -0.05) is 44.2 Å². The smallest absolute Gasteiger partial charge is 0.208 e. The van der Waals surface area contributed by atoms with E-state index in [2.05, 4.69) is 34.2 Å². The number of fused-ring (bicyclic) bond motifs is 1. The maximum atomic E-state index is 5.86. The van der Waals surface area contributed by atoms with Gasteiger partial charge in [-0.25, -0.2) is 14.6 Å². The Morgan fingerprint density at radius 1 is 1.28 bits per heavy atom. The Labute approximate surface area is 147 Å². The molecule has 1 N–H and O–H groups in total. The number of nitrogens with zero attached hydrogens (tertiary/aromatic N) is 4. The van der Waals surface area contributed by atoms with Crippen LogP contribution in [0.3, 0.4) is 0 Å². The third-order valence-electron chi connectivity index (χ3n) is 4.54. The molecule has 0 saturated heterocycles. The molecule has 0 aliphatic carbocycles. The average Bonchev–Trinajstić information content (AvgIpc) is 3.27. The molecular weight excluding hydrogens is 314 g/mol. The number of hydrogen-bond donors (Lipinski definition) is 1. The van der Waals surface area contributed by atoms with Crippen molar-refractivity contribution in [1.29, 1.82) is 0 Å². The molecule has 25 heavy (non-hydrogen) atoms. The van der Waals surface area contributed by atoms with Crippen LogP contribution in [0.5, 0.6) is 0 Å². The van der Waals surface area contributed by atoms with Crippen molar-refractivity contribution in [2.24, 2.45) is 0 Å². The van der Waals surface area contributed by atoms with Crippen LogP contribution in [-0.2, 0) is 19.5 Å². The lowest BCUT2D eigenvalue weighted by Crippen LogP contribution is -2.37. The summed E-state index contributed by atoms with van der Waals surface area (Å²) in [4.78, 5) is 9.02. The summed E-state index contributed by atoms with van der Waals surface area (Å²) in [6.07, 6.45) is 3.80. The molecule has 1 aliphatic heterocycles. The summed E-state index contributed by atoms with van der Waals surface area (Å²) in [6.45, 7) is 5.73. The van der Waals surface area contributed by atoms with Crippen molar-refractivity contribution in [3.63, 3.8) is 0 Å². The molecule has 1 aliphatic rings. The first-order chi connectivity index (χ1) is 12.2. The van der Waals surface area contributed by atoms with Gasteiger partial charge in [0, 0.05) is 23.9 Å². The van der Waals surface area contributed by atoms with Crippen molar-refractivity contribution in [2.45, 2.75) is 51.7 Å². The summed E-state index contributed by atoms with van der Waals surface area (Å²) in [7, 11) is 0. The number of hydrogen-bond acceptors (Lipinski definition) is 5. The second-order valence-electron chi connectivity index (χ2n) is 6.82. The van der Waals surface area contributed by atoms with Gasteiger partial charge in [-0.15, -0.1) is 0 Å². The zero-order valence-corrected chi connectivity index (χ0v) is 14.6. The third kappa shape index (κ3) is 3.49. The highest BCUT2D eigenvalue weighted by atomic mass is 16.4. The molecule has 4 rings (SSSR count). The monoisotopic (exact) mass is 337 g/mol. The Morgan fingerprint density at radius 2 is 2.12 bits per heavy atom. The topological polar surface area (TPSA) is 68.8 Å². The van der Waals surface area contributed by atoms with Gasteiger partial charge < -0.3 is 9.73 Å². The quantitative estimate of drug-likeness (QED) is 0.774. The molecule has 130 valence electrons. The zero-order valence-electron chi connectivity index (χ0n) is 14.6. The summed E-state index contributed by atoms with van der Waals surface area (Å²) in [5.74, 6) is 3.93. The Bertz CT molecular complexity index is 837. The van der Waals surface area contributed by atoms with E-state index in [1.54, 1.807) is 6.20 Å². The highest BCUT2D eigenvalue weighted by Gasteiger charge is 2.22. The van der Waals surface area contributed by atoms with Crippen molar-refractivity contribution >= 4 is 0 Å². The summed E-state index contributed by atoms with van der Waals surface area (Å²) in [6, 6.07) is 10.4. The summed E-state index contributed by atoms with van der Waals surface area (Å²) >= 11 is 0. The van der Waals surface area contributed by atoms with E-state index < -0.39 is 0 Å². The fourth-order valence-electron chi connectivity index (χ4n) is 3.10. The highest BCUT2D eigenvalue weighted by Crippen LogP contribution is 2.20. The van der Waals surface area contributed by atoms with Crippen molar-refractivity contribution in [1.82, 2.24) is 25.1 Å². The highest BCUT2D eigenvalue weighted by molar-refractivity contribution is 5.55. The fraction of sp³-hybridized carbons (Fsp3) is 0.421. The van der Waals surface area contributed by atoms with E-state index in [0.29, 0.717) is 24.4 Å². The van der Waals surface area contributed by atoms with Gasteiger partial charge in [0.2, 0.25) is 5.89 Å². The Hall–Kier alpha value is -2.47. The van der Waals surface area contributed by atoms with Crippen LogP contribution in [0.25, 0.3) is 11.3 Å². The normalized spacial score (nSPS) is 17.0. The second-order valence-corrected chi connectivity index (χ2v) is 6.82. The van der Waals surface area contributed by atoms with Crippen LogP contribution in [0.15, 0.2) is 40.9 Å². The standard InChI is InChI=1S/C19H23N5O/c1-13(2)19-22-17-9-8-15(12-24(17)23-19)20-11-18-21-10-16(25-18)14-6-4-3-5-7-14/h3-7,10,13,15,20H,8-9,11-12H2,1-2H3/t15-/m0/s1. The molecule has 0 bridgehead atoms. The second kappa shape index (κ2) is 6.80. The predicted molar refractivity (Wildman–Crippen MR) is 95.0 cm³/mol. The largest absolute Gasteiger partial charge is 0.439 e. The zero-order chi connectivity index (χ0) is 17.2. The number of aromatic nitrogens is 4. The molecule has 0 radical (unpaired) electrons. The molecule has 0 spiro atoms. The minimum Gasteiger partial charge on any atom is -0.439 e. The maximum Gasteiger partial charge on any atom is 0.208 e. The van der Waals surface area contributed by atoms with Crippen LogP contribution in [0, 0.1) is 0 Å². The average molecular weight is 337 g/mol. The van der Waals surface area contributed by atoms with Crippen LogP contribution in [0.1, 0.15) is 43.7 Å². The van der Waals surface area contributed by atoms with Gasteiger partial charge in [0.15, 0.2) is 11.6 Å². The van der Waals surface area contributed by atoms with Gasteiger partial charge in [0.05, 0.1) is 19.3 Å². The van der Waals surface area contributed by atoms with Gasteiger partial charge in [-0.3, -0.25) is 0 Å². The number of oxazole rings is 1. The SMILES string of the molecule is CC(C)c1nc2n(n1)C[C@@H](NCc1ncc(-c3ccccc3)o1)CC2. The Kier molecular flexibility index (Phi) is 4.36. The number of benzene rings is 1. The lowest BCUT2D eigenvalue weighted by atomic mass is 10.1. The lowest BCUT2D eigenvalue weighted by Gasteiger charge is -2.22. The third-order valence-corrected chi connectivity index (χ3v) is 4.54. The van der Waals surface area contributed by atoms with Crippen molar-refractivity contribution in [3.05, 3.63) is 54.1 Å². The number of rotatable bonds is 5. The summed E-state index contributed by atoms with van der Waals surface area (Å²) < 4.78 is 7.90. The number of nitrogens with one attached hydrogen (secondary N) is 1. The molecular formula is C19H23N5O. The fourth-order valence-corrected chi connectivity index (χ4v) is 3.10. The molecule has 3 heterocycles. The first kappa shape index (κ1) is 16.0. The molecule has 1 atom stereocenters. The van der Waals surface area contributed by atoms with Crippen LogP contribution in [0.4, 0.5) is 0 Å². The molecule has 2 aromatic heterocycles. The van der Waals surface area contributed by atoms with E-state index in [9.17, 15) is 0 Å². The molecule has 0 fully saturated rings. The Balaban J connectivity index is 1.37. The Morgan fingerprint density at radius 3 is 2.92 bits per heavy atom. The minimum atomic E-state index is 0.362. The minimum absolute atomic E-state index is 0.362. The first-order valence-electron chi connectivity index (χ1n) is 8.86. The molecule has 0 amide bonds. The van der Waals surface area contributed by atoms with Crippen LogP contribution < -0.4 is 5.32 Å². The van der Waals surface area contributed by atoms with E-state index >= 15 is 0 Å². The molecule has 0 unspecified atom stereocenters.